The predicted octanol–water partition coefficient (Wildman–Crippen LogP) is 4.18. The average Bonchev–Trinajstić information content (AvgIpc) is 3.63. The molecule has 46 heavy (non-hydrogen) atoms. The van der Waals surface area contributed by atoms with Crippen LogP contribution in [0.3, 0.4) is 0 Å². The number of ether oxygens (including phenoxy) is 2. The molecule has 1 aromatic carbocycles. The Bertz CT molecular complexity index is 1340. The van der Waals surface area contributed by atoms with Crippen LogP contribution in [0.1, 0.15) is 76.9 Å². The molecule has 0 radical (unpaired) electrons. The van der Waals surface area contributed by atoms with Gasteiger partial charge < -0.3 is 29.7 Å². The van der Waals surface area contributed by atoms with Gasteiger partial charge in [-0.05, 0) is 44.2 Å². The number of amides is 3. The Kier molecular flexibility index (Phi) is 11.4. The molecule has 5 bridgehead atoms. The van der Waals surface area contributed by atoms with Crippen molar-refractivity contribution in [2.45, 2.75) is 95.1 Å². The minimum Gasteiger partial charge on any atom is -0.455 e. The maximum absolute atomic E-state index is 14.8. The van der Waals surface area contributed by atoms with E-state index in [2.05, 4.69) is 28.2 Å². The van der Waals surface area contributed by atoms with Crippen molar-refractivity contribution < 1.29 is 33.8 Å². The summed E-state index contributed by atoms with van der Waals surface area (Å²) in [6.45, 7) is 4.94. The Morgan fingerprint density at radius 1 is 1.07 bits per heavy atom. The maximum Gasteiger partial charge on any atom is 0.313 e. The van der Waals surface area contributed by atoms with Crippen molar-refractivity contribution in [3.8, 4) is 0 Å². The summed E-state index contributed by atoms with van der Waals surface area (Å²) in [5.41, 5.74) is -0.608. The Morgan fingerprint density at radius 3 is 2.57 bits per heavy atom. The summed E-state index contributed by atoms with van der Waals surface area (Å²) < 4.78 is 13.4. The molecular formula is C35H46BrN3O7. The Balaban J connectivity index is 1.55. The summed E-state index contributed by atoms with van der Waals surface area (Å²) in [7, 11) is 0. The molecule has 250 valence electrons. The van der Waals surface area contributed by atoms with Gasteiger partial charge in [0.1, 0.15) is 29.8 Å². The minimum atomic E-state index is -1.33. The highest BCUT2D eigenvalue weighted by atomic mass is 79.9. The lowest BCUT2D eigenvalue weighted by Crippen LogP contribution is -2.57. The van der Waals surface area contributed by atoms with Gasteiger partial charge in [-0.2, -0.15) is 0 Å². The van der Waals surface area contributed by atoms with Gasteiger partial charge in [0.25, 0.3) is 0 Å². The van der Waals surface area contributed by atoms with Crippen molar-refractivity contribution in [3.05, 3.63) is 58.6 Å². The lowest BCUT2D eigenvalue weighted by atomic mass is 9.74. The van der Waals surface area contributed by atoms with Gasteiger partial charge >= 0.3 is 5.97 Å². The first kappa shape index (κ1) is 34.3. The number of carbonyl (C=O) groups excluding carboxylic acids is 4. The number of carbonyl (C=O) groups is 4. The monoisotopic (exact) mass is 699 g/mol. The Hall–Kier alpha value is -3.02. The second-order valence-electron chi connectivity index (χ2n) is 12.8. The Labute approximate surface area is 279 Å². The molecule has 5 rings (SSSR count). The smallest absolute Gasteiger partial charge is 0.313 e. The second kappa shape index (κ2) is 15.3. The molecule has 4 aliphatic heterocycles. The molecular weight excluding hydrogens is 654 g/mol. The highest BCUT2D eigenvalue weighted by Crippen LogP contribution is 2.59. The van der Waals surface area contributed by atoms with Crippen LogP contribution in [0, 0.1) is 11.8 Å². The van der Waals surface area contributed by atoms with Crippen molar-refractivity contribution in [3.63, 3.8) is 0 Å². The van der Waals surface area contributed by atoms with Gasteiger partial charge in [0.15, 0.2) is 0 Å². The number of likely N-dealkylation sites (tertiary alicyclic amines) is 1. The SMILES string of the molecule is CCCC(C)N1C/C=C\CCC(=O)NC[C@H](c2ccccc2)OC(=O)[C@H]2[C@@H]3O[C@@]4(C=C3Br)[C@@H]2C(=O)N(CCCCCCO)[C@@H]4C1=O. The van der Waals surface area contributed by atoms with Crippen LogP contribution in [0.15, 0.2) is 53.0 Å². The largest absolute Gasteiger partial charge is 0.455 e. The zero-order valence-electron chi connectivity index (χ0n) is 26.7. The molecule has 2 saturated heterocycles. The third kappa shape index (κ3) is 6.82. The van der Waals surface area contributed by atoms with Gasteiger partial charge in [0, 0.05) is 36.6 Å². The van der Waals surface area contributed by atoms with Crippen LogP contribution in [-0.2, 0) is 28.7 Å². The third-order valence-corrected chi connectivity index (χ3v) is 10.4. The standard InChI is InChI=1S/C35H46BrN3O7/c1-3-14-23(2)38-18-12-7-10-17-27(41)37-22-26(24-15-8-6-9-16-24)45-34(44)28-29-32(42)39(19-11-4-5-13-20-40)31(33(38)43)35(29)21-25(36)30(28)46-35/h6-9,12,15-16,21,23,26,28-31,40H,3-5,10-11,13-14,17-20,22H2,1-2H3,(H,37,41)/b12-7-/t23?,26-,28-,29+,30-,31-,35+/m1/s1. The Morgan fingerprint density at radius 2 is 1.83 bits per heavy atom. The highest BCUT2D eigenvalue weighted by molar-refractivity contribution is 9.11. The maximum atomic E-state index is 14.8. The van der Waals surface area contributed by atoms with Gasteiger partial charge in [-0.15, -0.1) is 0 Å². The molecule has 1 spiro atoms. The van der Waals surface area contributed by atoms with E-state index in [4.69, 9.17) is 9.47 Å². The number of fused-ring (bicyclic) bond motifs is 2. The van der Waals surface area contributed by atoms with Gasteiger partial charge in [-0.25, -0.2) is 0 Å². The topological polar surface area (TPSA) is 125 Å². The van der Waals surface area contributed by atoms with E-state index >= 15 is 0 Å². The number of nitrogens with one attached hydrogen (secondary N) is 1. The van der Waals surface area contributed by atoms with Crippen LogP contribution in [0.25, 0.3) is 0 Å². The first-order chi connectivity index (χ1) is 22.2. The number of esters is 1. The zero-order valence-corrected chi connectivity index (χ0v) is 28.3. The summed E-state index contributed by atoms with van der Waals surface area (Å²) >= 11 is 3.62. The van der Waals surface area contributed by atoms with Crippen molar-refractivity contribution in [2.24, 2.45) is 11.8 Å². The van der Waals surface area contributed by atoms with E-state index in [1.807, 2.05) is 60.4 Å². The third-order valence-electron chi connectivity index (χ3n) is 9.68. The number of nitrogens with zero attached hydrogens (tertiary/aromatic N) is 2. The van der Waals surface area contributed by atoms with E-state index in [1.165, 1.54) is 0 Å². The van der Waals surface area contributed by atoms with Gasteiger partial charge in [0.05, 0.1) is 12.5 Å². The van der Waals surface area contributed by atoms with Crippen LogP contribution in [0.5, 0.6) is 0 Å². The summed E-state index contributed by atoms with van der Waals surface area (Å²) in [5, 5.41) is 12.1. The fourth-order valence-electron chi connectivity index (χ4n) is 7.40. The lowest BCUT2D eigenvalue weighted by molar-refractivity contribution is -0.160. The second-order valence-corrected chi connectivity index (χ2v) is 13.7. The molecule has 11 heteroatoms. The molecule has 2 N–H and O–H groups in total. The van der Waals surface area contributed by atoms with Crippen molar-refractivity contribution in [1.82, 2.24) is 15.1 Å². The van der Waals surface area contributed by atoms with Crippen molar-refractivity contribution in [1.29, 1.82) is 0 Å². The fraction of sp³-hybridized carbons (Fsp3) is 0.600. The zero-order chi connectivity index (χ0) is 32.8. The van der Waals surface area contributed by atoms with Crippen LogP contribution < -0.4 is 5.32 Å². The summed E-state index contributed by atoms with van der Waals surface area (Å²) in [5.74, 6) is -3.18. The number of halogens is 1. The molecule has 0 saturated carbocycles. The first-order valence-electron chi connectivity index (χ1n) is 16.7. The number of aliphatic hydroxyl groups is 1. The molecule has 0 aliphatic carbocycles. The molecule has 10 nitrogen and oxygen atoms in total. The molecule has 3 amide bonds. The molecule has 4 heterocycles. The molecule has 1 unspecified atom stereocenters. The number of hydrogen-bond donors (Lipinski definition) is 2. The van der Waals surface area contributed by atoms with Crippen molar-refractivity contribution in [2.75, 3.05) is 26.2 Å². The van der Waals surface area contributed by atoms with Gasteiger partial charge in [-0.3, -0.25) is 19.2 Å². The van der Waals surface area contributed by atoms with E-state index < -0.39 is 41.7 Å². The van der Waals surface area contributed by atoms with Gasteiger partial charge in [-0.1, -0.05) is 84.6 Å². The van der Waals surface area contributed by atoms with E-state index in [0.717, 1.165) is 31.2 Å². The average molecular weight is 701 g/mol. The summed E-state index contributed by atoms with van der Waals surface area (Å²) in [6, 6.07) is 8.16. The number of unbranched alkanes of at least 4 members (excludes halogenated alkanes) is 3. The summed E-state index contributed by atoms with van der Waals surface area (Å²) in [6.07, 6.45) is 9.45. The quantitative estimate of drug-likeness (QED) is 0.213. The van der Waals surface area contributed by atoms with E-state index in [9.17, 15) is 24.3 Å². The number of aliphatic hydroxyl groups excluding tert-OH is 1. The summed E-state index contributed by atoms with van der Waals surface area (Å²) in [4.78, 5) is 59.6. The van der Waals surface area contributed by atoms with E-state index in [1.54, 1.807) is 4.90 Å². The molecule has 4 aliphatic rings. The molecule has 1 aromatic rings. The van der Waals surface area contributed by atoms with Crippen LogP contribution in [-0.4, -0.2) is 88.6 Å². The molecule has 0 aromatic heterocycles. The van der Waals surface area contributed by atoms with Crippen molar-refractivity contribution >= 4 is 39.6 Å². The fourth-order valence-corrected chi connectivity index (χ4v) is 8.14. The lowest BCUT2D eigenvalue weighted by Gasteiger charge is -2.38. The number of benzene rings is 1. The molecule has 7 atom stereocenters. The number of cyclic esters (lactones) is 1. The highest BCUT2D eigenvalue weighted by Gasteiger charge is 2.75. The number of allylic oxidation sites excluding steroid dienone is 1. The van der Waals surface area contributed by atoms with E-state index in [0.29, 0.717) is 36.8 Å². The number of rotatable bonds is 10. The minimum absolute atomic E-state index is 0.0840. The number of hydrogen-bond acceptors (Lipinski definition) is 7. The van der Waals surface area contributed by atoms with Crippen LogP contribution in [0.2, 0.25) is 0 Å². The molecule has 2 fully saturated rings. The predicted molar refractivity (Wildman–Crippen MR) is 175 cm³/mol. The normalized spacial score (nSPS) is 31.4. The van der Waals surface area contributed by atoms with Crippen LogP contribution >= 0.6 is 15.9 Å². The first-order valence-corrected chi connectivity index (χ1v) is 17.5. The van der Waals surface area contributed by atoms with Gasteiger partial charge in [0.2, 0.25) is 17.7 Å². The van der Waals surface area contributed by atoms with Crippen LogP contribution in [0.4, 0.5) is 0 Å². The van der Waals surface area contributed by atoms with E-state index in [-0.39, 0.29) is 43.3 Å².